The number of halogens is 1. The molecule has 1 unspecified atom stereocenters. The Bertz CT molecular complexity index is 686. The minimum atomic E-state index is 0.0379. The summed E-state index contributed by atoms with van der Waals surface area (Å²) in [5, 5.41) is 2.91. The summed E-state index contributed by atoms with van der Waals surface area (Å²) in [6.07, 6.45) is 2.99. The van der Waals surface area contributed by atoms with Crippen molar-refractivity contribution in [2.24, 2.45) is 0 Å². The average Bonchev–Trinajstić information content (AvgIpc) is 2.54. The molecule has 21 heavy (non-hydrogen) atoms. The molecule has 2 nitrogen and oxygen atoms in total. The number of fused-ring (bicyclic) bond motifs is 1. The molecule has 4 heteroatoms. The standard InChI is InChI=1S/C17H16BrNOS/c1-21-15-5-3-2-4-13(15)16(18)12-7-6-11-8-9-19-17(20)14(11)10-12/h2-7,10,16H,8-9H2,1H3,(H,19,20). The number of nitrogens with one attached hydrogen (secondary N) is 1. The molecular weight excluding hydrogens is 346 g/mol. The van der Waals surface area contributed by atoms with E-state index in [0.29, 0.717) is 0 Å². The summed E-state index contributed by atoms with van der Waals surface area (Å²) < 4.78 is 0. The Labute approximate surface area is 137 Å². The molecule has 1 aliphatic heterocycles. The lowest BCUT2D eigenvalue weighted by Crippen LogP contribution is -2.31. The molecule has 2 aromatic carbocycles. The zero-order valence-corrected chi connectivity index (χ0v) is 14.1. The van der Waals surface area contributed by atoms with Crippen molar-refractivity contribution in [1.29, 1.82) is 0 Å². The van der Waals surface area contributed by atoms with Crippen molar-refractivity contribution in [2.75, 3.05) is 12.8 Å². The average molecular weight is 362 g/mol. The van der Waals surface area contributed by atoms with E-state index in [1.54, 1.807) is 11.8 Å². The van der Waals surface area contributed by atoms with Gasteiger partial charge in [-0.05, 0) is 41.5 Å². The predicted molar refractivity (Wildman–Crippen MR) is 91.5 cm³/mol. The molecule has 0 aromatic heterocycles. The topological polar surface area (TPSA) is 29.1 Å². The first-order valence-electron chi connectivity index (χ1n) is 6.88. The van der Waals surface area contributed by atoms with E-state index in [-0.39, 0.29) is 10.7 Å². The van der Waals surface area contributed by atoms with Gasteiger partial charge in [0.05, 0.1) is 4.83 Å². The number of hydrogen-bond donors (Lipinski definition) is 1. The molecule has 1 N–H and O–H groups in total. The van der Waals surface area contributed by atoms with Crippen LogP contribution in [0.1, 0.15) is 31.9 Å². The van der Waals surface area contributed by atoms with Crippen LogP contribution < -0.4 is 5.32 Å². The number of rotatable bonds is 3. The van der Waals surface area contributed by atoms with Gasteiger partial charge in [0.25, 0.3) is 5.91 Å². The third-order valence-electron chi connectivity index (χ3n) is 3.76. The second-order valence-corrected chi connectivity index (χ2v) is 6.79. The highest BCUT2D eigenvalue weighted by atomic mass is 79.9. The van der Waals surface area contributed by atoms with Crippen LogP contribution in [0, 0.1) is 0 Å². The van der Waals surface area contributed by atoms with Crippen molar-refractivity contribution in [1.82, 2.24) is 5.32 Å². The van der Waals surface area contributed by atoms with Crippen LogP contribution in [0.5, 0.6) is 0 Å². The van der Waals surface area contributed by atoms with Gasteiger partial charge in [0.1, 0.15) is 0 Å². The highest BCUT2D eigenvalue weighted by Gasteiger charge is 2.20. The summed E-state index contributed by atoms with van der Waals surface area (Å²) in [6, 6.07) is 14.6. The number of hydrogen-bond acceptors (Lipinski definition) is 2. The fourth-order valence-electron chi connectivity index (χ4n) is 2.64. The van der Waals surface area contributed by atoms with Crippen molar-refractivity contribution in [3.63, 3.8) is 0 Å². The maximum absolute atomic E-state index is 12.0. The lowest BCUT2D eigenvalue weighted by molar-refractivity contribution is 0.0946. The van der Waals surface area contributed by atoms with Crippen LogP contribution in [0.15, 0.2) is 47.4 Å². The van der Waals surface area contributed by atoms with Crippen LogP contribution in [0.2, 0.25) is 0 Å². The van der Waals surface area contributed by atoms with Gasteiger partial charge < -0.3 is 5.32 Å². The minimum absolute atomic E-state index is 0.0379. The minimum Gasteiger partial charge on any atom is -0.352 e. The van der Waals surface area contributed by atoms with E-state index in [1.165, 1.54) is 10.5 Å². The molecule has 0 radical (unpaired) electrons. The molecule has 0 spiro atoms. The summed E-state index contributed by atoms with van der Waals surface area (Å²) in [5.74, 6) is 0.0379. The van der Waals surface area contributed by atoms with Crippen molar-refractivity contribution in [3.05, 3.63) is 64.7 Å². The van der Waals surface area contributed by atoms with Crippen LogP contribution in [0.25, 0.3) is 0 Å². The van der Waals surface area contributed by atoms with E-state index >= 15 is 0 Å². The second kappa shape index (κ2) is 6.24. The van der Waals surface area contributed by atoms with Gasteiger partial charge >= 0.3 is 0 Å². The van der Waals surface area contributed by atoms with Gasteiger partial charge in [-0.1, -0.05) is 46.3 Å². The Balaban J connectivity index is 2.00. The fourth-order valence-corrected chi connectivity index (χ4v) is 4.11. The second-order valence-electron chi connectivity index (χ2n) is 5.03. The fraction of sp³-hybridized carbons (Fsp3) is 0.235. The molecule has 0 aliphatic carbocycles. The molecule has 0 saturated carbocycles. The normalized spacial score (nSPS) is 15.2. The number of benzene rings is 2. The molecule has 1 amide bonds. The van der Waals surface area contributed by atoms with Gasteiger partial charge in [0.15, 0.2) is 0 Å². The van der Waals surface area contributed by atoms with E-state index in [9.17, 15) is 4.79 Å². The molecule has 108 valence electrons. The Morgan fingerprint density at radius 3 is 2.86 bits per heavy atom. The van der Waals surface area contributed by atoms with Gasteiger partial charge in [-0.3, -0.25) is 4.79 Å². The summed E-state index contributed by atoms with van der Waals surface area (Å²) in [7, 11) is 0. The number of carbonyl (C=O) groups excluding carboxylic acids is 1. The summed E-state index contributed by atoms with van der Waals surface area (Å²) in [6.45, 7) is 0.734. The van der Waals surface area contributed by atoms with Gasteiger partial charge in [0, 0.05) is 17.0 Å². The van der Waals surface area contributed by atoms with Crippen molar-refractivity contribution < 1.29 is 4.79 Å². The molecule has 3 rings (SSSR count). The first-order valence-corrected chi connectivity index (χ1v) is 9.02. The quantitative estimate of drug-likeness (QED) is 0.656. The summed E-state index contributed by atoms with van der Waals surface area (Å²) >= 11 is 5.53. The summed E-state index contributed by atoms with van der Waals surface area (Å²) in [5.41, 5.74) is 4.30. The number of alkyl halides is 1. The van der Waals surface area contributed by atoms with E-state index in [0.717, 1.165) is 29.7 Å². The maximum atomic E-state index is 12.0. The van der Waals surface area contributed by atoms with E-state index in [4.69, 9.17) is 0 Å². The van der Waals surface area contributed by atoms with Crippen LogP contribution in [-0.4, -0.2) is 18.7 Å². The van der Waals surface area contributed by atoms with Crippen molar-refractivity contribution >= 4 is 33.6 Å². The lowest BCUT2D eigenvalue weighted by atomic mass is 9.95. The molecule has 2 aromatic rings. The van der Waals surface area contributed by atoms with Crippen molar-refractivity contribution in [3.8, 4) is 0 Å². The Morgan fingerprint density at radius 1 is 1.24 bits per heavy atom. The van der Waals surface area contributed by atoms with Gasteiger partial charge in [-0.25, -0.2) is 0 Å². The van der Waals surface area contributed by atoms with Gasteiger partial charge in [-0.2, -0.15) is 0 Å². The lowest BCUT2D eigenvalue weighted by Gasteiger charge is -2.20. The first-order chi connectivity index (χ1) is 10.2. The SMILES string of the molecule is CSc1ccccc1C(Br)c1ccc2c(c1)C(=O)NCC2. The molecular formula is C17H16BrNOS. The zero-order valence-electron chi connectivity index (χ0n) is 11.7. The smallest absolute Gasteiger partial charge is 0.251 e. The highest BCUT2D eigenvalue weighted by molar-refractivity contribution is 9.09. The Morgan fingerprint density at radius 2 is 2.05 bits per heavy atom. The maximum Gasteiger partial charge on any atom is 0.251 e. The van der Waals surface area contributed by atoms with Crippen LogP contribution in [0.3, 0.4) is 0 Å². The van der Waals surface area contributed by atoms with E-state index in [1.807, 2.05) is 6.07 Å². The van der Waals surface area contributed by atoms with Crippen LogP contribution in [0.4, 0.5) is 0 Å². The van der Waals surface area contributed by atoms with Crippen molar-refractivity contribution in [2.45, 2.75) is 16.1 Å². The Kier molecular flexibility index (Phi) is 4.36. The summed E-state index contributed by atoms with van der Waals surface area (Å²) in [4.78, 5) is 13.3. The van der Waals surface area contributed by atoms with Gasteiger partial charge in [-0.15, -0.1) is 11.8 Å². The van der Waals surface area contributed by atoms with E-state index < -0.39 is 0 Å². The molecule has 1 aliphatic rings. The highest BCUT2D eigenvalue weighted by Crippen LogP contribution is 2.37. The van der Waals surface area contributed by atoms with Crippen LogP contribution >= 0.6 is 27.7 Å². The third kappa shape index (κ3) is 2.87. The number of thioether (sulfide) groups is 1. The molecule has 0 saturated heterocycles. The van der Waals surface area contributed by atoms with Gasteiger partial charge in [0.2, 0.25) is 0 Å². The predicted octanol–water partition coefficient (Wildman–Crippen LogP) is 4.18. The molecule has 0 bridgehead atoms. The zero-order chi connectivity index (χ0) is 14.8. The Hall–Kier alpha value is -1.26. The monoisotopic (exact) mass is 361 g/mol. The third-order valence-corrected chi connectivity index (χ3v) is 5.60. The molecule has 1 heterocycles. The largest absolute Gasteiger partial charge is 0.352 e. The molecule has 1 atom stereocenters. The van der Waals surface area contributed by atoms with Crippen LogP contribution in [-0.2, 0) is 6.42 Å². The number of amides is 1. The number of carbonyl (C=O) groups is 1. The van der Waals surface area contributed by atoms with E-state index in [2.05, 4.69) is 63.9 Å². The molecule has 0 fully saturated rings. The first kappa shape index (κ1) is 14.7.